The van der Waals surface area contributed by atoms with Crippen molar-refractivity contribution in [3.63, 3.8) is 0 Å². The van der Waals surface area contributed by atoms with Crippen LogP contribution in [0.25, 0.3) is 10.9 Å². The minimum Gasteiger partial charge on any atom is -0.379 e. The summed E-state index contributed by atoms with van der Waals surface area (Å²) in [6.07, 6.45) is 0. The van der Waals surface area contributed by atoms with Gasteiger partial charge in [-0.3, -0.25) is 4.79 Å². The summed E-state index contributed by atoms with van der Waals surface area (Å²) in [6.45, 7) is 5.24. The summed E-state index contributed by atoms with van der Waals surface area (Å²) >= 11 is 1.37. The van der Waals surface area contributed by atoms with Gasteiger partial charge in [-0.05, 0) is 49.7 Å². The van der Waals surface area contributed by atoms with Gasteiger partial charge >= 0.3 is 0 Å². The molecule has 1 N–H and O–H groups in total. The summed E-state index contributed by atoms with van der Waals surface area (Å²) in [5.74, 6) is -0.219. The Morgan fingerprint density at radius 1 is 1.12 bits per heavy atom. The second kappa shape index (κ2) is 9.58. The minimum absolute atomic E-state index is 0.157. The van der Waals surface area contributed by atoms with Crippen LogP contribution < -0.4 is 5.32 Å². The molecule has 9 heteroatoms. The number of nitrogens with zero attached hydrogens (tertiary/aromatic N) is 2. The third-order valence-corrected chi connectivity index (χ3v) is 8.19. The molecule has 3 aromatic rings. The van der Waals surface area contributed by atoms with E-state index in [1.807, 2.05) is 37.3 Å². The number of carbonyl (C=O) groups is 1. The van der Waals surface area contributed by atoms with Crippen LogP contribution in [0, 0.1) is 6.92 Å². The lowest BCUT2D eigenvalue weighted by molar-refractivity contribution is -0.115. The lowest BCUT2D eigenvalue weighted by Gasteiger charge is -2.26. The molecule has 1 fully saturated rings. The van der Waals surface area contributed by atoms with Crippen LogP contribution in [0.2, 0.25) is 0 Å². The first-order valence-corrected chi connectivity index (χ1v) is 12.7. The van der Waals surface area contributed by atoms with E-state index < -0.39 is 15.3 Å². The van der Waals surface area contributed by atoms with Crippen molar-refractivity contribution in [1.82, 2.24) is 9.29 Å². The average Bonchev–Trinajstić information content (AvgIpc) is 2.80. The van der Waals surface area contributed by atoms with E-state index in [9.17, 15) is 13.2 Å². The van der Waals surface area contributed by atoms with Gasteiger partial charge < -0.3 is 10.1 Å². The van der Waals surface area contributed by atoms with Crippen LogP contribution in [-0.2, 0) is 19.6 Å². The van der Waals surface area contributed by atoms with Crippen molar-refractivity contribution >= 4 is 44.3 Å². The Hall–Kier alpha value is -2.46. The maximum Gasteiger partial charge on any atom is 0.243 e. The van der Waals surface area contributed by atoms with Crippen molar-refractivity contribution in [1.29, 1.82) is 0 Å². The van der Waals surface area contributed by atoms with Crippen molar-refractivity contribution in [2.75, 3.05) is 31.6 Å². The summed E-state index contributed by atoms with van der Waals surface area (Å²) in [4.78, 5) is 17.6. The maximum atomic E-state index is 12.9. The van der Waals surface area contributed by atoms with E-state index in [0.717, 1.165) is 21.5 Å². The predicted octanol–water partition coefficient (Wildman–Crippen LogP) is 3.68. The highest BCUT2D eigenvalue weighted by Crippen LogP contribution is 2.28. The van der Waals surface area contributed by atoms with E-state index in [-0.39, 0.29) is 10.8 Å². The molecule has 2 aromatic carbocycles. The SMILES string of the molecule is Cc1cc(S[C@@H](C)C(=O)Nc2cccc(S(=O)(=O)N3CCOCC3)c2)nc2ccccc12. The van der Waals surface area contributed by atoms with E-state index >= 15 is 0 Å². The van der Waals surface area contributed by atoms with Crippen molar-refractivity contribution in [2.24, 2.45) is 0 Å². The zero-order valence-electron chi connectivity index (χ0n) is 17.9. The molecule has 32 heavy (non-hydrogen) atoms. The largest absolute Gasteiger partial charge is 0.379 e. The molecule has 1 atom stereocenters. The quantitative estimate of drug-likeness (QED) is 0.552. The fourth-order valence-electron chi connectivity index (χ4n) is 3.53. The topological polar surface area (TPSA) is 88.6 Å². The number of sulfonamides is 1. The first kappa shape index (κ1) is 22.7. The van der Waals surface area contributed by atoms with E-state index in [1.54, 1.807) is 25.1 Å². The molecule has 0 radical (unpaired) electrons. The normalized spacial score (nSPS) is 16.1. The number of aryl methyl sites for hydroxylation is 1. The zero-order chi connectivity index (χ0) is 22.7. The molecule has 4 rings (SSSR count). The molecular weight excluding hydrogens is 446 g/mol. The lowest BCUT2D eigenvalue weighted by atomic mass is 10.1. The van der Waals surface area contributed by atoms with Crippen LogP contribution >= 0.6 is 11.8 Å². The van der Waals surface area contributed by atoms with Crippen molar-refractivity contribution in [3.8, 4) is 0 Å². The molecule has 1 aliphatic rings. The van der Waals surface area contributed by atoms with Gasteiger partial charge in [-0.2, -0.15) is 4.31 Å². The molecule has 0 bridgehead atoms. The number of fused-ring (bicyclic) bond motifs is 1. The number of thioether (sulfide) groups is 1. The summed E-state index contributed by atoms with van der Waals surface area (Å²) in [5.41, 5.74) is 2.44. The van der Waals surface area contributed by atoms with Crippen LogP contribution in [0.4, 0.5) is 5.69 Å². The first-order valence-electron chi connectivity index (χ1n) is 10.4. The Kier molecular flexibility index (Phi) is 6.80. The number of morpholine rings is 1. The molecule has 0 saturated carbocycles. The fraction of sp³-hybridized carbons (Fsp3) is 0.304. The molecule has 0 aliphatic carbocycles. The molecule has 1 saturated heterocycles. The number of hydrogen-bond acceptors (Lipinski definition) is 6. The molecule has 1 aliphatic heterocycles. The number of benzene rings is 2. The molecule has 168 valence electrons. The standard InChI is InChI=1S/C23H25N3O4S2/c1-16-14-22(25-21-9-4-3-8-20(16)21)31-17(2)23(27)24-18-6-5-7-19(15-18)32(28,29)26-10-12-30-13-11-26/h3-9,14-15,17H,10-13H2,1-2H3,(H,24,27)/t17-/m0/s1. The van der Waals surface area contributed by atoms with Gasteiger partial charge in [-0.1, -0.05) is 36.0 Å². The predicted molar refractivity (Wildman–Crippen MR) is 126 cm³/mol. The number of aromatic nitrogens is 1. The van der Waals surface area contributed by atoms with Gasteiger partial charge in [0.2, 0.25) is 15.9 Å². The number of pyridine rings is 1. The number of para-hydroxylation sites is 1. The van der Waals surface area contributed by atoms with Gasteiger partial charge in [-0.15, -0.1) is 0 Å². The van der Waals surface area contributed by atoms with Crippen molar-refractivity contribution in [3.05, 3.63) is 60.2 Å². The first-order chi connectivity index (χ1) is 15.3. The highest BCUT2D eigenvalue weighted by Gasteiger charge is 2.26. The van der Waals surface area contributed by atoms with E-state index in [1.165, 1.54) is 22.1 Å². The summed E-state index contributed by atoms with van der Waals surface area (Å²) in [5, 5.41) is 4.28. The maximum absolute atomic E-state index is 12.9. The van der Waals surface area contributed by atoms with Crippen LogP contribution in [0.3, 0.4) is 0 Å². The average molecular weight is 472 g/mol. The van der Waals surface area contributed by atoms with Gasteiger partial charge in [0.1, 0.15) is 0 Å². The third-order valence-electron chi connectivity index (χ3n) is 5.28. The van der Waals surface area contributed by atoms with Gasteiger partial charge in [0.15, 0.2) is 0 Å². The van der Waals surface area contributed by atoms with Gasteiger partial charge in [0.25, 0.3) is 0 Å². The molecule has 7 nitrogen and oxygen atoms in total. The van der Waals surface area contributed by atoms with E-state index in [0.29, 0.717) is 32.0 Å². The second-order valence-corrected chi connectivity index (χ2v) is 10.9. The number of rotatable bonds is 6. The molecule has 1 amide bonds. The smallest absolute Gasteiger partial charge is 0.243 e. The third kappa shape index (κ3) is 4.96. The summed E-state index contributed by atoms with van der Waals surface area (Å²) < 4.78 is 32.4. The number of hydrogen-bond donors (Lipinski definition) is 1. The molecular formula is C23H25N3O4S2. The van der Waals surface area contributed by atoms with E-state index in [4.69, 9.17) is 4.74 Å². The van der Waals surface area contributed by atoms with Crippen LogP contribution in [0.15, 0.2) is 64.5 Å². The molecule has 1 aromatic heterocycles. The number of amides is 1. The monoisotopic (exact) mass is 471 g/mol. The van der Waals surface area contributed by atoms with Crippen molar-refractivity contribution in [2.45, 2.75) is 29.0 Å². The number of nitrogens with one attached hydrogen (secondary N) is 1. The number of carbonyl (C=O) groups excluding carboxylic acids is 1. The summed E-state index contributed by atoms with van der Waals surface area (Å²) in [7, 11) is -3.63. The van der Waals surface area contributed by atoms with Gasteiger partial charge in [0, 0.05) is 24.2 Å². The Bertz CT molecular complexity index is 1240. The Morgan fingerprint density at radius 2 is 1.88 bits per heavy atom. The molecule has 2 heterocycles. The van der Waals surface area contributed by atoms with Crippen LogP contribution in [-0.4, -0.2) is 55.2 Å². The number of ether oxygens (including phenoxy) is 1. The highest BCUT2D eigenvalue weighted by atomic mass is 32.2. The molecule has 0 unspecified atom stereocenters. The highest BCUT2D eigenvalue weighted by molar-refractivity contribution is 8.00. The van der Waals surface area contributed by atoms with Crippen LogP contribution in [0.1, 0.15) is 12.5 Å². The van der Waals surface area contributed by atoms with E-state index in [2.05, 4.69) is 10.3 Å². The van der Waals surface area contributed by atoms with Crippen molar-refractivity contribution < 1.29 is 17.9 Å². The van der Waals surface area contributed by atoms with Gasteiger partial charge in [-0.25, -0.2) is 13.4 Å². The Balaban J connectivity index is 1.46. The Morgan fingerprint density at radius 3 is 2.66 bits per heavy atom. The Labute approximate surface area is 192 Å². The number of anilines is 1. The lowest BCUT2D eigenvalue weighted by Crippen LogP contribution is -2.40. The van der Waals surface area contributed by atoms with Crippen LogP contribution in [0.5, 0.6) is 0 Å². The fourth-order valence-corrected chi connectivity index (χ4v) is 5.91. The zero-order valence-corrected chi connectivity index (χ0v) is 19.6. The van der Waals surface area contributed by atoms with Gasteiger partial charge in [0.05, 0.1) is 33.9 Å². The summed E-state index contributed by atoms with van der Waals surface area (Å²) in [6, 6.07) is 16.2. The molecule has 0 spiro atoms. The second-order valence-electron chi connectivity index (χ2n) is 7.59. The minimum atomic E-state index is -3.63.